The van der Waals surface area contributed by atoms with Crippen molar-refractivity contribution in [3.8, 4) is 22.6 Å². The Bertz CT molecular complexity index is 1280. The molecule has 4 aromatic rings. The Morgan fingerprint density at radius 1 is 1.10 bits per heavy atom. The molecule has 6 nitrogen and oxygen atoms in total. The first-order chi connectivity index (χ1) is 15.1. The number of carboxylic acids is 1. The molecule has 3 N–H and O–H groups in total. The van der Waals surface area contributed by atoms with Gasteiger partial charge in [-0.05, 0) is 47.0 Å². The van der Waals surface area contributed by atoms with E-state index in [1.54, 1.807) is 24.5 Å². The zero-order chi connectivity index (χ0) is 21.4. The van der Waals surface area contributed by atoms with Crippen LogP contribution in [0.15, 0.2) is 71.3 Å². The standard InChI is InChI=1S/C25H21NO5/c26-13-15-3-1-4-16(9-15)20-11-19(10-18-7-8-29-24(18)20)22-14-30-21-6-2-5-17(12-23(27)28)25(21)31-22/h1-11,22H,12-14,26H2,(H,27,28)/t22-/m1/s1. The van der Waals surface area contributed by atoms with Crippen molar-refractivity contribution in [1.82, 2.24) is 0 Å². The lowest BCUT2D eigenvalue weighted by atomic mass is 9.96. The van der Waals surface area contributed by atoms with Gasteiger partial charge in [0.05, 0.1) is 12.7 Å². The highest BCUT2D eigenvalue weighted by molar-refractivity contribution is 5.93. The third kappa shape index (κ3) is 3.62. The van der Waals surface area contributed by atoms with Gasteiger partial charge in [-0.15, -0.1) is 0 Å². The molecule has 0 saturated heterocycles. The molecule has 5 rings (SSSR count). The van der Waals surface area contributed by atoms with Crippen LogP contribution in [0, 0.1) is 0 Å². The highest BCUT2D eigenvalue weighted by Crippen LogP contribution is 2.41. The molecule has 1 aliphatic rings. The van der Waals surface area contributed by atoms with E-state index in [1.165, 1.54) is 0 Å². The summed E-state index contributed by atoms with van der Waals surface area (Å²) in [7, 11) is 0. The number of nitrogens with two attached hydrogens (primary N) is 1. The Balaban J connectivity index is 1.57. The molecule has 156 valence electrons. The summed E-state index contributed by atoms with van der Waals surface area (Å²) in [5.74, 6) is 0.136. The molecule has 1 aliphatic heterocycles. The van der Waals surface area contributed by atoms with Crippen LogP contribution in [0.4, 0.5) is 0 Å². The monoisotopic (exact) mass is 415 g/mol. The average Bonchev–Trinajstić information content (AvgIpc) is 3.27. The summed E-state index contributed by atoms with van der Waals surface area (Å²) in [5.41, 5.74) is 11.1. The molecule has 0 bridgehead atoms. The van der Waals surface area contributed by atoms with Crippen molar-refractivity contribution in [2.45, 2.75) is 19.1 Å². The van der Waals surface area contributed by atoms with Crippen LogP contribution in [0.1, 0.15) is 22.8 Å². The van der Waals surface area contributed by atoms with E-state index in [0.29, 0.717) is 30.2 Å². The van der Waals surface area contributed by atoms with Crippen molar-refractivity contribution < 1.29 is 23.8 Å². The molecule has 31 heavy (non-hydrogen) atoms. The summed E-state index contributed by atoms with van der Waals surface area (Å²) >= 11 is 0. The van der Waals surface area contributed by atoms with Gasteiger partial charge >= 0.3 is 5.97 Å². The van der Waals surface area contributed by atoms with Gasteiger partial charge in [0.1, 0.15) is 12.2 Å². The predicted molar refractivity (Wildman–Crippen MR) is 116 cm³/mol. The number of carbonyl (C=O) groups is 1. The lowest BCUT2D eigenvalue weighted by Crippen LogP contribution is -2.23. The van der Waals surface area contributed by atoms with Crippen molar-refractivity contribution in [1.29, 1.82) is 0 Å². The average molecular weight is 415 g/mol. The molecule has 1 atom stereocenters. The van der Waals surface area contributed by atoms with Crippen LogP contribution in [-0.4, -0.2) is 17.7 Å². The van der Waals surface area contributed by atoms with Crippen molar-refractivity contribution in [3.05, 3.63) is 83.6 Å². The molecule has 6 heteroatoms. The normalized spacial score (nSPS) is 15.2. The topological polar surface area (TPSA) is 94.9 Å². The molecule has 0 radical (unpaired) electrons. The maximum absolute atomic E-state index is 11.3. The van der Waals surface area contributed by atoms with Gasteiger partial charge < -0.3 is 24.7 Å². The fourth-order valence-electron chi connectivity index (χ4n) is 3.99. The first-order valence-electron chi connectivity index (χ1n) is 10.1. The number of furan rings is 1. The number of rotatable bonds is 5. The smallest absolute Gasteiger partial charge is 0.307 e. The Morgan fingerprint density at radius 2 is 1.97 bits per heavy atom. The number of aliphatic carboxylic acids is 1. The SMILES string of the molecule is NCc1cccc(-c2cc([C@H]3COc4cccc(CC(=O)O)c4O3)cc3ccoc23)c1. The van der Waals surface area contributed by atoms with E-state index in [-0.39, 0.29) is 12.5 Å². The minimum Gasteiger partial charge on any atom is -0.485 e. The van der Waals surface area contributed by atoms with Crippen LogP contribution in [0.5, 0.6) is 11.5 Å². The Morgan fingerprint density at radius 3 is 2.81 bits per heavy atom. The minimum absolute atomic E-state index is 0.128. The molecule has 0 aliphatic carbocycles. The molecule has 0 saturated carbocycles. The molecule has 0 unspecified atom stereocenters. The van der Waals surface area contributed by atoms with Crippen molar-refractivity contribution in [2.75, 3.05) is 6.61 Å². The number of hydrogen-bond donors (Lipinski definition) is 2. The van der Waals surface area contributed by atoms with Gasteiger partial charge in [-0.25, -0.2) is 0 Å². The first-order valence-corrected chi connectivity index (χ1v) is 10.1. The van der Waals surface area contributed by atoms with E-state index in [9.17, 15) is 9.90 Å². The van der Waals surface area contributed by atoms with E-state index < -0.39 is 5.97 Å². The predicted octanol–water partition coefficient (Wildman–Crippen LogP) is 4.70. The Kier molecular flexibility index (Phi) is 4.84. The summed E-state index contributed by atoms with van der Waals surface area (Å²) in [6.07, 6.45) is 1.17. The zero-order valence-corrected chi connectivity index (χ0v) is 16.7. The molecule has 0 amide bonds. The van der Waals surface area contributed by atoms with Gasteiger partial charge in [0.15, 0.2) is 17.6 Å². The number of benzene rings is 3. The number of hydrogen-bond acceptors (Lipinski definition) is 5. The van der Waals surface area contributed by atoms with E-state index in [1.807, 2.05) is 36.4 Å². The molecule has 3 aromatic carbocycles. The molecule has 1 aromatic heterocycles. The van der Waals surface area contributed by atoms with E-state index in [2.05, 4.69) is 6.07 Å². The Hall–Kier alpha value is -3.77. The van der Waals surface area contributed by atoms with Crippen LogP contribution in [0.25, 0.3) is 22.1 Å². The van der Waals surface area contributed by atoms with E-state index >= 15 is 0 Å². The third-order valence-electron chi connectivity index (χ3n) is 5.47. The number of ether oxygens (including phenoxy) is 2. The fourth-order valence-corrected chi connectivity index (χ4v) is 3.99. The summed E-state index contributed by atoms with van der Waals surface area (Å²) in [4.78, 5) is 11.3. The quantitative estimate of drug-likeness (QED) is 0.491. The van der Waals surface area contributed by atoms with Crippen LogP contribution in [0.3, 0.4) is 0 Å². The van der Waals surface area contributed by atoms with Gasteiger partial charge in [-0.3, -0.25) is 4.79 Å². The maximum Gasteiger partial charge on any atom is 0.307 e. The largest absolute Gasteiger partial charge is 0.485 e. The summed E-state index contributed by atoms with van der Waals surface area (Å²) in [6.45, 7) is 0.784. The highest BCUT2D eigenvalue weighted by atomic mass is 16.6. The number of fused-ring (bicyclic) bond motifs is 2. The lowest BCUT2D eigenvalue weighted by Gasteiger charge is -2.28. The van der Waals surface area contributed by atoms with Gasteiger partial charge in [0.2, 0.25) is 0 Å². The van der Waals surface area contributed by atoms with Gasteiger partial charge in [0.25, 0.3) is 0 Å². The first kappa shape index (κ1) is 19.2. The Labute approximate surface area is 178 Å². The summed E-state index contributed by atoms with van der Waals surface area (Å²) in [6, 6.07) is 19.4. The second kappa shape index (κ2) is 7.81. The second-order valence-corrected chi connectivity index (χ2v) is 7.54. The van der Waals surface area contributed by atoms with Crippen LogP contribution in [-0.2, 0) is 17.8 Å². The highest BCUT2D eigenvalue weighted by Gasteiger charge is 2.27. The summed E-state index contributed by atoms with van der Waals surface area (Å²) in [5, 5.41) is 10.2. The number of para-hydroxylation sites is 1. The minimum atomic E-state index is -0.916. The van der Waals surface area contributed by atoms with Crippen LogP contribution < -0.4 is 15.2 Å². The molecular weight excluding hydrogens is 394 g/mol. The van der Waals surface area contributed by atoms with Crippen LogP contribution in [0.2, 0.25) is 0 Å². The van der Waals surface area contributed by atoms with E-state index in [0.717, 1.165) is 33.2 Å². The molecule has 0 fully saturated rings. The molecular formula is C25H21NO5. The molecule has 2 heterocycles. The third-order valence-corrected chi connectivity index (χ3v) is 5.47. The van der Waals surface area contributed by atoms with Gasteiger partial charge in [-0.1, -0.05) is 30.3 Å². The van der Waals surface area contributed by atoms with Crippen molar-refractivity contribution in [3.63, 3.8) is 0 Å². The van der Waals surface area contributed by atoms with Gasteiger partial charge in [0, 0.05) is 23.1 Å². The second-order valence-electron chi connectivity index (χ2n) is 7.54. The van der Waals surface area contributed by atoms with Crippen LogP contribution >= 0.6 is 0 Å². The lowest BCUT2D eigenvalue weighted by molar-refractivity contribution is -0.136. The van der Waals surface area contributed by atoms with Crippen molar-refractivity contribution >= 4 is 16.9 Å². The van der Waals surface area contributed by atoms with Gasteiger partial charge in [-0.2, -0.15) is 0 Å². The molecule has 0 spiro atoms. The van der Waals surface area contributed by atoms with E-state index in [4.69, 9.17) is 19.6 Å². The summed E-state index contributed by atoms with van der Waals surface area (Å²) < 4.78 is 18.0. The fraction of sp³-hybridized carbons (Fsp3) is 0.160. The maximum atomic E-state index is 11.3. The number of carboxylic acid groups (broad SMARTS) is 1. The van der Waals surface area contributed by atoms with Crippen molar-refractivity contribution in [2.24, 2.45) is 5.73 Å². The zero-order valence-electron chi connectivity index (χ0n) is 16.7.